The highest BCUT2D eigenvalue weighted by Gasteiger charge is 2.30. The molecule has 0 atom stereocenters. The molecule has 0 bridgehead atoms. The smallest absolute Gasteiger partial charge is 0.416 e. The van der Waals surface area contributed by atoms with Crippen molar-refractivity contribution >= 4 is 11.6 Å². The Morgan fingerprint density at radius 3 is 2.34 bits per heavy atom. The van der Waals surface area contributed by atoms with Crippen LogP contribution in [0.15, 0.2) is 65.8 Å². The SMILES string of the molecule is Cc1cc(-c2ccc(C(F)(F)F)cc2)cn2c(-c3nc(-c4cnc(N)nc4)co3)cnc12. The Labute approximate surface area is 179 Å². The van der Waals surface area contributed by atoms with E-state index in [4.69, 9.17) is 10.2 Å². The fraction of sp³-hybridized carbons (Fsp3) is 0.0909. The lowest BCUT2D eigenvalue weighted by molar-refractivity contribution is -0.137. The summed E-state index contributed by atoms with van der Waals surface area (Å²) in [5.41, 5.74) is 9.53. The molecule has 0 aliphatic rings. The first-order valence-electron chi connectivity index (χ1n) is 9.49. The second kappa shape index (κ2) is 7.19. The van der Waals surface area contributed by atoms with Crippen molar-refractivity contribution in [3.05, 3.63) is 72.5 Å². The van der Waals surface area contributed by atoms with Gasteiger partial charge in [0.2, 0.25) is 11.8 Å². The summed E-state index contributed by atoms with van der Waals surface area (Å²) < 4.78 is 46.1. The lowest BCUT2D eigenvalue weighted by Crippen LogP contribution is -2.04. The average Bonchev–Trinajstić information content (AvgIpc) is 3.41. The first kappa shape index (κ1) is 19.7. The quantitative estimate of drug-likeness (QED) is 0.427. The number of benzene rings is 1. The number of aryl methyl sites for hydroxylation is 1. The van der Waals surface area contributed by atoms with Crippen LogP contribution in [0.1, 0.15) is 11.1 Å². The number of anilines is 1. The first-order valence-corrected chi connectivity index (χ1v) is 9.49. The second-order valence-corrected chi connectivity index (χ2v) is 7.19. The molecule has 4 heterocycles. The molecule has 5 aromatic rings. The number of imidazole rings is 1. The van der Waals surface area contributed by atoms with Crippen molar-refractivity contribution in [2.45, 2.75) is 13.1 Å². The number of hydrogen-bond donors (Lipinski definition) is 1. The van der Waals surface area contributed by atoms with Gasteiger partial charge >= 0.3 is 6.18 Å². The average molecular weight is 436 g/mol. The Kier molecular flexibility index (Phi) is 4.43. The molecule has 0 fully saturated rings. The fourth-order valence-corrected chi connectivity index (χ4v) is 3.42. The minimum Gasteiger partial charge on any atom is -0.443 e. The number of aromatic nitrogens is 5. The summed E-state index contributed by atoms with van der Waals surface area (Å²) in [5, 5.41) is 0. The number of pyridine rings is 1. The van der Waals surface area contributed by atoms with Crippen LogP contribution in [0.25, 0.3) is 39.6 Å². The number of nitrogen functional groups attached to an aromatic ring is 1. The minimum atomic E-state index is -4.38. The standard InChI is InChI=1S/C22H15F3N6O/c1-12-6-14(13-2-4-16(5-3-13)22(23,24)25)10-31-18(9-27-19(12)31)20-30-17(11-32-20)15-7-28-21(26)29-8-15/h2-11H,1H3,(H2,26,28,29). The van der Waals surface area contributed by atoms with Gasteiger partial charge < -0.3 is 10.2 Å². The van der Waals surface area contributed by atoms with E-state index in [-0.39, 0.29) is 5.95 Å². The van der Waals surface area contributed by atoms with E-state index in [1.807, 2.05) is 13.0 Å². The molecule has 2 N–H and O–H groups in total. The third-order valence-electron chi connectivity index (χ3n) is 5.03. The zero-order valence-electron chi connectivity index (χ0n) is 16.6. The van der Waals surface area contributed by atoms with E-state index in [1.165, 1.54) is 18.4 Å². The largest absolute Gasteiger partial charge is 0.443 e. The van der Waals surface area contributed by atoms with Gasteiger partial charge in [0, 0.05) is 24.2 Å². The van der Waals surface area contributed by atoms with E-state index in [2.05, 4.69) is 19.9 Å². The normalized spacial score (nSPS) is 11.9. The Bertz CT molecular complexity index is 1420. The van der Waals surface area contributed by atoms with Crippen molar-refractivity contribution in [2.75, 3.05) is 5.73 Å². The van der Waals surface area contributed by atoms with Gasteiger partial charge in [0.1, 0.15) is 23.3 Å². The van der Waals surface area contributed by atoms with Crippen LogP contribution < -0.4 is 5.73 Å². The van der Waals surface area contributed by atoms with Crippen molar-refractivity contribution in [2.24, 2.45) is 0 Å². The summed E-state index contributed by atoms with van der Waals surface area (Å²) in [5.74, 6) is 0.485. The van der Waals surface area contributed by atoms with Crippen LogP contribution >= 0.6 is 0 Å². The third kappa shape index (κ3) is 3.45. The number of rotatable bonds is 3. The van der Waals surface area contributed by atoms with Crippen LogP contribution in [-0.4, -0.2) is 24.3 Å². The number of halogens is 3. The molecule has 1 aromatic carbocycles. The van der Waals surface area contributed by atoms with Crippen LogP contribution in [0, 0.1) is 6.92 Å². The van der Waals surface area contributed by atoms with Crippen LogP contribution in [0.3, 0.4) is 0 Å². The molecule has 0 saturated carbocycles. The highest BCUT2D eigenvalue weighted by Crippen LogP contribution is 2.32. The Hall–Kier alpha value is -4.21. The summed E-state index contributed by atoms with van der Waals surface area (Å²) in [6.07, 6.45) is 3.62. The predicted molar refractivity (Wildman–Crippen MR) is 111 cm³/mol. The third-order valence-corrected chi connectivity index (χ3v) is 5.03. The molecule has 0 saturated heterocycles. The molecule has 0 aliphatic heterocycles. The summed E-state index contributed by atoms with van der Waals surface area (Å²) in [7, 11) is 0. The van der Waals surface area contributed by atoms with Crippen LogP contribution in [0.4, 0.5) is 19.1 Å². The summed E-state index contributed by atoms with van der Waals surface area (Å²) in [6, 6.07) is 6.91. The van der Waals surface area contributed by atoms with E-state index in [0.717, 1.165) is 23.3 Å². The van der Waals surface area contributed by atoms with Crippen molar-refractivity contribution in [3.8, 4) is 34.0 Å². The van der Waals surface area contributed by atoms with Gasteiger partial charge in [-0.1, -0.05) is 12.1 Å². The van der Waals surface area contributed by atoms with E-state index < -0.39 is 11.7 Å². The van der Waals surface area contributed by atoms with Gasteiger partial charge in [0.25, 0.3) is 0 Å². The second-order valence-electron chi connectivity index (χ2n) is 7.19. The van der Waals surface area contributed by atoms with Crippen LogP contribution in [-0.2, 0) is 6.18 Å². The molecule has 32 heavy (non-hydrogen) atoms. The molecule has 10 heteroatoms. The fourth-order valence-electron chi connectivity index (χ4n) is 3.42. The number of nitrogens with zero attached hydrogens (tertiary/aromatic N) is 5. The number of oxazole rings is 1. The first-order chi connectivity index (χ1) is 15.3. The van der Waals surface area contributed by atoms with E-state index >= 15 is 0 Å². The van der Waals surface area contributed by atoms with Gasteiger partial charge in [-0.25, -0.2) is 19.9 Å². The van der Waals surface area contributed by atoms with Crippen molar-refractivity contribution in [3.63, 3.8) is 0 Å². The summed E-state index contributed by atoms with van der Waals surface area (Å²) >= 11 is 0. The Morgan fingerprint density at radius 2 is 1.66 bits per heavy atom. The van der Waals surface area contributed by atoms with Crippen molar-refractivity contribution in [1.29, 1.82) is 0 Å². The number of hydrogen-bond acceptors (Lipinski definition) is 6. The van der Waals surface area contributed by atoms with Gasteiger partial charge in [-0.3, -0.25) is 4.40 Å². The monoisotopic (exact) mass is 436 g/mol. The zero-order chi connectivity index (χ0) is 22.5. The maximum atomic E-state index is 12.9. The molecular weight excluding hydrogens is 421 g/mol. The topological polar surface area (TPSA) is 95.1 Å². The Balaban J connectivity index is 1.56. The van der Waals surface area contributed by atoms with E-state index in [9.17, 15) is 13.2 Å². The van der Waals surface area contributed by atoms with Gasteiger partial charge in [-0.2, -0.15) is 13.2 Å². The molecule has 0 spiro atoms. The number of fused-ring (bicyclic) bond motifs is 1. The van der Waals surface area contributed by atoms with Gasteiger partial charge in [-0.05, 0) is 41.8 Å². The molecule has 7 nitrogen and oxygen atoms in total. The minimum absolute atomic E-state index is 0.158. The predicted octanol–water partition coefficient (Wildman–Crippen LogP) is 5.02. The lowest BCUT2D eigenvalue weighted by Gasteiger charge is -2.10. The molecule has 0 amide bonds. The molecule has 0 unspecified atom stereocenters. The van der Waals surface area contributed by atoms with Gasteiger partial charge in [0.05, 0.1) is 11.8 Å². The molecule has 0 radical (unpaired) electrons. The number of alkyl halides is 3. The van der Waals surface area contributed by atoms with E-state index in [0.29, 0.717) is 34.1 Å². The van der Waals surface area contributed by atoms with Crippen LogP contribution in [0.2, 0.25) is 0 Å². The highest BCUT2D eigenvalue weighted by molar-refractivity contribution is 5.70. The zero-order valence-corrected chi connectivity index (χ0v) is 16.6. The highest BCUT2D eigenvalue weighted by atomic mass is 19.4. The maximum Gasteiger partial charge on any atom is 0.416 e. The molecular formula is C22H15F3N6O. The summed E-state index contributed by atoms with van der Waals surface area (Å²) in [6.45, 7) is 1.88. The molecule has 4 aromatic heterocycles. The van der Waals surface area contributed by atoms with Crippen LogP contribution in [0.5, 0.6) is 0 Å². The number of nitrogens with two attached hydrogens (primary N) is 1. The van der Waals surface area contributed by atoms with Crippen molar-refractivity contribution in [1.82, 2.24) is 24.3 Å². The molecule has 0 aliphatic carbocycles. The maximum absolute atomic E-state index is 12.9. The molecule has 5 rings (SSSR count). The van der Waals surface area contributed by atoms with E-state index in [1.54, 1.807) is 29.2 Å². The van der Waals surface area contributed by atoms with Crippen molar-refractivity contribution < 1.29 is 17.6 Å². The Morgan fingerprint density at radius 1 is 0.938 bits per heavy atom. The van der Waals surface area contributed by atoms with Gasteiger partial charge in [-0.15, -0.1) is 0 Å². The summed E-state index contributed by atoms with van der Waals surface area (Å²) in [4.78, 5) is 16.8. The molecule has 160 valence electrons. The van der Waals surface area contributed by atoms with Gasteiger partial charge in [0.15, 0.2) is 0 Å². The lowest BCUT2D eigenvalue weighted by atomic mass is 10.0.